The number of halogens is 3. The molecular formula is C46H57F3N6O9S2. The number of hydrogen-bond acceptors (Lipinski definition) is 12. The van der Waals surface area contributed by atoms with Gasteiger partial charge in [-0.05, 0) is 109 Å². The van der Waals surface area contributed by atoms with Gasteiger partial charge in [-0.15, -0.1) is 11.3 Å². The molecule has 3 fully saturated rings. The van der Waals surface area contributed by atoms with Crippen LogP contribution in [-0.4, -0.2) is 100 Å². The Balaban J connectivity index is 1.24. The minimum Gasteiger partial charge on any atom is -0.491 e. The SMILES string of the molecule is CC1CCC=CC2CC2(C(=O)NS(=O)(=O)C2(C)CC2)NC(=O)C2CC(Oc3cc(-c4ccc(OC(C)C)cc4)nc(-c4cncs4)c3)CN2C(=O)C(NC(=O)OC(C)(C)C(F)(F)F)C(C)C1. The third kappa shape index (κ3) is 10.6. The zero-order valence-electron chi connectivity index (χ0n) is 37.9. The van der Waals surface area contributed by atoms with Crippen molar-refractivity contribution in [1.29, 1.82) is 0 Å². The molecular weight excluding hydrogens is 902 g/mol. The van der Waals surface area contributed by atoms with Gasteiger partial charge >= 0.3 is 12.3 Å². The van der Waals surface area contributed by atoms with Crippen molar-refractivity contribution in [2.45, 2.75) is 140 Å². The molecule has 4 amide bonds. The molecule has 4 aliphatic rings. The van der Waals surface area contributed by atoms with E-state index in [9.17, 15) is 40.8 Å². The fourth-order valence-corrected chi connectivity index (χ4v) is 10.3. The molecule has 66 heavy (non-hydrogen) atoms. The van der Waals surface area contributed by atoms with Gasteiger partial charge in [-0.3, -0.25) is 24.1 Å². The lowest BCUT2D eigenvalue weighted by Crippen LogP contribution is -2.59. The van der Waals surface area contributed by atoms with Crippen LogP contribution in [0.25, 0.3) is 21.8 Å². The number of ether oxygens (including phenoxy) is 3. The standard InChI is InChI=1S/C46H57F3N6O9S2/c1-26(2)62-31-14-12-29(13-15-31)34-19-32(20-35(51-34)37-23-50-25-65-37)63-33-21-36-39(56)53-45(41(58)54-66(60,61)44(7)16-17-44)22-30(45)11-9-8-10-27(3)18-28(4)38(40(57)55(36)24-33)52-42(59)64-43(5,6)46(47,48)49/h9,11-15,19-20,23,25-28,30,33,36,38H,8,10,16-18,21-22,24H2,1-7H3,(H,52,59)(H,53,56)(H,54,58). The predicted molar refractivity (Wildman–Crippen MR) is 240 cm³/mol. The Bertz CT molecular complexity index is 2440. The first-order valence-electron chi connectivity index (χ1n) is 22.2. The van der Waals surface area contributed by atoms with E-state index in [4.69, 9.17) is 19.2 Å². The quantitative estimate of drug-likeness (QED) is 0.163. The second-order valence-electron chi connectivity index (χ2n) is 19.1. The number of pyridine rings is 1. The molecule has 0 radical (unpaired) electrons. The van der Waals surface area contributed by atoms with Crippen molar-refractivity contribution in [2.75, 3.05) is 6.54 Å². The number of amides is 4. The third-order valence-corrected chi connectivity index (χ3v) is 15.8. The molecule has 1 saturated heterocycles. The van der Waals surface area contributed by atoms with Gasteiger partial charge in [0.1, 0.15) is 35.2 Å². The smallest absolute Gasteiger partial charge is 0.427 e. The van der Waals surface area contributed by atoms with E-state index in [1.54, 1.807) is 43.8 Å². The predicted octanol–water partition coefficient (Wildman–Crippen LogP) is 7.33. The first kappa shape index (κ1) is 48.7. The second kappa shape index (κ2) is 18.4. The van der Waals surface area contributed by atoms with E-state index in [1.807, 2.05) is 51.1 Å². The summed E-state index contributed by atoms with van der Waals surface area (Å²) in [7, 11) is -4.10. The monoisotopic (exact) mass is 958 g/mol. The average molecular weight is 959 g/mol. The van der Waals surface area contributed by atoms with Crippen molar-refractivity contribution in [3.05, 3.63) is 60.3 Å². The summed E-state index contributed by atoms with van der Waals surface area (Å²) >= 11 is 1.36. The van der Waals surface area contributed by atoms with Gasteiger partial charge in [0.25, 0.3) is 5.91 Å². The van der Waals surface area contributed by atoms with E-state index in [0.29, 0.717) is 68.8 Å². The number of alkyl carbamates (subject to hydrolysis) is 1. The molecule has 2 aliphatic heterocycles. The van der Waals surface area contributed by atoms with Crippen LogP contribution in [0.1, 0.15) is 93.4 Å². The Labute approximate surface area is 386 Å². The van der Waals surface area contributed by atoms with Gasteiger partial charge in [0.2, 0.25) is 27.4 Å². The number of carbonyl (C=O) groups is 4. The largest absolute Gasteiger partial charge is 0.491 e. The fraction of sp³-hybridized carbons (Fsp3) is 0.565. The molecule has 2 aromatic heterocycles. The van der Waals surface area contributed by atoms with E-state index >= 15 is 0 Å². The highest BCUT2D eigenvalue weighted by atomic mass is 32.2. The normalized spacial score (nSPS) is 26.8. The average Bonchev–Trinajstić information content (AvgIpc) is 3.98. The summed E-state index contributed by atoms with van der Waals surface area (Å²) in [6, 6.07) is 7.99. The zero-order chi connectivity index (χ0) is 48.0. The summed E-state index contributed by atoms with van der Waals surface area (Å²) in [6.07, 6.45) is 0.207. The van der Waals surface area contributed by atoms with Gasteiger partial charge < -0.3 is 29.7 Å². The number of benzene rings is 1. The Morgan fingerprint density at radius 1 is 1.03 bits per heavy atom. The number of alkyl halides is 3. The van der Waals surface area contributed by atoms with Gasteiger partial charge in [0.05, 0.1) is 39.2 Å². The Kier molecular flexibility index (Phi) is 13.6. The van der Waals surface area contributed by atoms with Crippen molar-refractivity contribution in [2.24, 2.45) is 17.8 Å². The maximum Gasteiger partial charge on any atom is 0.427 e. The second-order valence-corrected chi connectivity index (χ2v) is 22.2. The van der Waals surface area contributed by atoms with Gasteiger partial charge in [0.15, 0.2) is 0 Å². The Hall–Kier alpha value is -5.24. The number of rotatable bonds is 11. The maximum absolute atomic E-state index is 15.0. The molecule has 3 N–H and O–H groups in total. The van der Waals surface area contributed by atoms with Crippen LogP contribution in [0.4, 0.5) is 18.0 Å². The first-order valence-corrected chi connectivity index (χ1v) is 24.5. The molecule has 7 rings (SSSR count). The molecule has 0 spiro atoms. The highest BCUT2D eigenvalue weighted by Crippen LogP contribution is 2.48. The summed E-state index contributed by atoms with van der Waals surface area (Å²) in [6.45, 7) is 10.2. The molecule has 2 aliphatic carbocycles. The van der Waals surface area contributed by atoms with E-state index in [2.05, 4.69) is 20.3 Å². The van der Waals surface area contributed by atoms with Crippen molar-refractivity contribution < 1.29 is 55.0 Å². The molecule has 358 valence electrons. The number of nitrogens with one attached hydrogen (secondary N) is 3. The number of hydrogen-bond donors (Lipinski definition) is 3. The molecule has 15 nitrogen and oxygen atoms in total. The van der Waals surface area contributed by atoms with Crippen LogP contribution in [-0.2, 0) is 29.1 Å². The minimum atomic E-state index is -4.93. The molecule has 3 aromatic rings. The highest BCUT2D eigenvalue weighted by Gasteiger charge is 2.63. The van der Waals surface area contributed by atoms with Crippen LogP contribution in [0.2, 0.25) is 0 Å². The van der Waals surface area contributed by atoms with E-state index in [-0.39, 0.29) is 31.4 Å². The van der Waals surface area contributed by atoms with Crippen LogP contribution in [0, 0.1) is 17.8 Å². The van der Waals surface area contributed by atoms with Crippen molar-refractivity contribution in [1.82, 2.24) is 30.2 Å². The van der Waals surface area contributed by atoms with Crippen LogP contribution in [0.15, 0.2) is 60.3 Å². The summed E-state index contributed by atoms with van der Waals surface area (Å²) in [5, 5.41) is 5.24. The number of thiazole rings is 1. The molecule has 4 heterocycles. The fourth-order valence-electron chi connectivity index (χ4n) is 8.40. The van der Waals surface area contributed by atoms with Crippen molar-refractivity contribution in [3.8, 4) is 33.3 Å². The lowest BCUT2D eigenvalue weighted by atomic mass is 9.88. The molecule has 0 bridgehead atoms. The van der Waals surface area contributed by atoms with E-state index in [1.165, 1.54) is 16.2 Å². The van der Waals surface area contributed by atoms with Gasteiger partial charge in [0, 0.05) is 36.2 Å². The number of nitrogens with zero attached hydrogens (tertiary/aromatic N) is 3. The van der Waals surface area contributed by atoms with Gasteiger partial charge in [-0.2, -0.15) is 13.2 Å². The van der Waals surface area contributed by atoms with E-state index in [0.717, 1.165) is 10.4 Å². The van der Waals surface area contributed by atoms with Crippen molar-refractivity contribution >= 4 is 45.2 Å². The Morgan fingerprint density at radius 2 is 1.73 bits per heavy atom. The topological polar surface area (TPSA) is 195 Å². The number of sulfonamides is 1. The molecule has 7 unspecified atom stereocenters. The highest BCUT2D eigenvalue weighted by molar-refractivity contribution is 7.91. The molecule has 1 aromatic carbocycles. The number of aromatic nitrogens is 2. The van der Waals surface area contributed by atoms with Crippen LogP contribution in [0.5, 0.6) is 11.5 Å². The summed E-state index contributed by atoms with van der Waals surface area (Å²) < 4.78 is 86.6. The van der Waals surface area contributed by atoms with Crippen LogP contribution < -0.4 is 24.8 Å². The number of fused-ring (bicyclic) bond motifs is 2. The first-order chi connectivity index (χ1) is 30.9. The van der Waals surface area contributed by atoms with Gasteiger partial charge in [-0.1, -0.05) is 26.0 Å². The van der Waals surface area contributed by atoms with Crippen LogP contribution >= 0.6 is 11.3 Å². The third-order valence-electron chi connectivity index (χ3n) is 12.9. The maximum atomic E-state index is 15.0. The zero-order valence-corrected chi connectivity index (χ0v) is 39.6. The number of allylic oxidation sites excluding steroid dienone is 1. The summed E-state index contributed by atoms with van der Waals surface area (Å²) in [5.41, 5.74) is -1.08. The lowest BCUT2D eigenvalue weighted by molar-refractivity contribution is -0.244. The molecule has 20 heteroatoms. The Morgan fingerprint density at radius 3 is 2.36 bits per heavy atom. The molecule has 7 atom stereocenters. The summed E-state index contributed by atoms with van der Waals surface area (Å²) in [5.74, 6) is -2.73. The number of carbonyl (C=O) groups excluding carboxylic acids is 4. The molecule has 2 saturated carbocycles. The van der Waals surface area contributed by atoms with Crippen molar-refractivity contribution in [3.63, 3.8) is 0 Å². The summed E-state index contributed by atoms with van der Waals surface area (Å²) in [4.78, 5) is 68.1. The van der Waals surface area contributed by atoms with Crippen LogP contribution in [0.3, 0.4) is 0 Å². The van der Waals surface area contributed by atoms with Gasteiger partial charge in [-0.25, -0.2) is 18.2 Å². The van der Waals surface area contributed by atoms with E-state index < -0.39 is 85.9 Å². The minimum absolute atomic E-state index is 0.0382. The lowest BCUT2D eigenvalue weighted by Gasteiger charge is -2.34.